The summed E-state index contributed by atoms with van der Waals surface area (Å²) in [5.41, 5.74) is 4.43. The molecule has 0 fully saturated rings. The van der Waals surface area contributed by atoms with Crippen LogP contribution >= 0.6 is 22.9 Å². The Bertz CT molecular complexity index is 815. The predicted octanol–water partition coefficient (Wildman–Crippen LogP) is 4.55. The topological polar surface area (TPSA) is 47.9 Å². The number of thiazole rings is 1. The van der Waals surface area contributed by atoms with Crippen LogP contribution in [-0.2, 0) is 0 Å². The first kappa shape index (κ1) is 14.9. The molecule has 6 heteroatoms. The van der Waals surface area contributed by atoms with Crippen LogP contribution in [0, 0.1) is 13.8 Å². The van der Waals surface area contributed by atoms with Crippen molar-refractivity contribution in [2.45, 2.75) is 13.8 Å². The van der Waals surface area contributed by atoms with Gasteiger partial charge in [-0.1, -0.05) is 23.7 Å². The maximum absolute atomic E-state index is 6.32. The van der Waals surface area contributed by atoms with Crippen LogP contribution in [0.15, 0.2) is 29.6 Å². The second kappa shape index (κ2) is 6.02. The van der Waals surface area contributed by atoms with Crippen LogP contribution in [-0.4, -0.2) is 22.3 Å². The van der Waals surface area contributed by atoms with E-state index in [0.717, 1.165) is 38.8 Å². The van der Waals surface area contributed by atoms with Crippen LogP contribution in [0.5, 0.6) is 5.75 Å². The molecule has 0 spiro atoms. The predicted molar refractivity (Wildman–Crippen MR) is 89.6 cm³/mol. The average molecular weight is 332 g/mol. The maximum Gasteiger partial charge on any atom is 0.161 e. The highest BCUT2D eigenvalue weighted by atomic mass is 35.5. The van der Waals surface area contributed by atoms with Crippen molar-refractivity contribution in [3.05, 3.63) is 45.5 Å². The molecule has 0 saturated heterocycles. The Labute approximate surface area is 137 Å². The number of halogens is 1. The zero-order valence-electron chi connectivity index (χ0n) is 12.4. The van der Waals surface area contributed by atoms with Crippen molar-refractivity contribution in [1.29, 1.82) is 0 Å². The Balaban J connectivity index is 2.23. The summed E-state index contributed by atoms with van der Waals surface area (Å²) in [6.45, 7) is 3.89. The summed E-state index contributed by atoms with van der Waals surface area (Å²) in [7, 11) is 1.65. The third-order valence-electron chi connectivity index (χ3n) is 3.36. The van der Waals surface area contributed by atoms with Crippen molar-refractivity contribution in [2.24, 2.45) is 0 Å². The van der Waals surface area contributed by atoms with Crippen molar-refractivity contribution >= 4 is 22.9 Å². The molecule has 0 unspecified atom stereocenters. The summed E-state index contributed by atoms with van der Waals surface area (Å²) in [5, 5.41) is 11.5. The van der Waals surface area contributed by atoms with Gasteiger partial charge in [0.15, 0.2) is 5.15 Å². The molecule has 0 aliphatic rings. The molecule has 3 aromatic rings. The van der Waals surface area contributed by atoms with Crippen molar-refractivity contribution in [3.8, 4) is 28.1 Å². The number of aromatic nitrogens is 3. The summed E-state index contributed by atoms with van der Waals surface area (Å²) in [5.74, 6) is 0.806. The Morgan fingerprint density at radius 1 is 1.05 bits per heavy atom. The van der Waals surface area contributed by atoms with Gasteiger partial charge in [-0.3, -0.25) is 0 Å². The molecule has 0 radical (unpaired) electrons. The van der Waals surface area contributed by atoms with Crippen molar-refractivity contribution in [2.75, 3.05) is 7.11 Å². The molecule has 22 heavy (non-hydrogen) atoms. The maximum atomic E-state index is 6.32. The normalized spacial score (nSPS) is 10.7. The molecule has 1 aromatic carbocycles. The highest BCUT2D eigenvalue weighted by Crippen LogP contribution is 2.38. The Morgan fingerprint density at radius 3 is 2.36 bits per heavy atom. The number of hydrogen-bond donors (Lipinski definition) is 0. The average Bonchev–Trinajstić information content (AvgIpc) is 2.95. The molecule has 112 valence electrons. The van der Waals surface area contributed by atoms with E-state index in [0.29, 0.717) is 5.15 Å². The van der Waals surface area contributed by atoms with Crippen LogP contribution < -0.4 is 4.74 Å². The number of nitrogens with zero attached hydrogens (tertiary/aromatic N) is 3. The summed E-state index contributed by atoms with van der Waals surface area (Å²) >= 11 is 7.91. The first-order valence-electron chi connectivity index (χ1n) is 6.70. The quantitative estimate of drug-likeness (QED) is 0.706. The van der Waals surface area contributed by atoms with Crippen molar-refractivity contribution in [3.63, 3.8) is 0 Å². The number of aryl methyl sites for hydroxylation is 2. The first-order valence-corrected chi connectivity index (χ1v) is 7.95. The second-order valence-electron chi connectivity index (χ2n) is 4.81. The molecule has 2 heterocycles. The lowest BCUT2D eigenvalue weighted by Gasteiger charge is -2.12. The second-order valence-corrected chi connectivity index (χ2v) is 6.23. The lowest BCUT2D eigenvalue weighted by atomic mass is 9.98. The number of benzene rings is 1. The standard InChI is InChI=1S/C16H14ClN3OS/c1-9-14(11-4-6-12(21-3)7-5-11)15(16(17)20-19-9)13-8-22-10(2)18-13/h4-8H,1-3H3. The molecule has 0 aliphatic heterocycles. The van der Waals surface area contributed by atoms with Crippen LogP contribution in [0.1, 0.15) is 10.7 Å². The van der Waals surface area contributed by atoms with Gasteiger partial charge in [-0.25, -0.2) is 4.98 Å². The van der Waals surface area contributed by atoms with E-state index in [1.54, 1.807) is 18.4 Å². The minimum atomic E-state index is 0.363. The smallest absolute Gasteiger partial charge is 0.161 e. The van der Waals surface area contributed by atoms with E-state index in [2.05, 4.69) is 15.2 Å². The molecular formula is C16H14ClN3OS. The number of hydrogen-bond acceptors (Lipinski definition) is 5. The molecular weight excluding hydrogens is 318 g/mol. The molecule has 0 N–H and O–H groups in total. The fourth-order valence-electron chi connectivity index (χ4n) is 2.33. The van der Waals surface area contributed by atoms with Crippen LogP contribution in [0.2, 0.25) is 5.15 Å². The Morgan fingerprint density at radius 2 is 1.77 bits per heavy atom. The zero-order chi connectivity index (χ0) is 15.7. The highest BCUT2D eigenvalue weighted by molar-refractivity contribution is 7.09. The summed E-state index contributed by atoms with van der Waals surface area (Å²) in [6, 6.07) is 7.81. The lowest BCUT2D eigenvalue weighted by Crippen LogP contribution is -1.97. The van der Waals surface area contributed by atoms with Gasteiger partial charge in [0, 0.05) is 10.9 Å². The fraction of sp³-hybridized carbons (Fsp3) is 0.188. The molecule has 0 bridgehead atoms. The molecule has 2 aromatic heterocycles. The molecule has 0 atom stereocenters. The summed E-state index contributed by atoms with van der Waals surface area (Å²) in [4.78, 5) is 4.54. The molecule has 0 amide bonds. The Kier molecular flexibility index (Phi) is 4.09. The summed E-state index contributed by atoms with van der Waals surface area (Å²) in [6.07, 6.45) is 0. The van der Waals surface area contributed by atoms with Gasteiger partial charge in [0.1, 0.15) is 5.75 Å². The zero-order valence-corrected chi connectivity index (χ0v) is 14.0. The van der Waals surface area contributed by atoms with Gasteiger partial charge in [0.25, 0.3) is 0 Å². The molecule has 4 nitrogen and oxygen atoms in total. The Hall–Kier alpha value is -1.98. The first-order chi connectivity index (χ1) is 10.6. The monoisotopic (exact) mass is 331 g/mol. The van der Waals surface area contributed by atoms with E-state index < -0.39 is 0 Å². The van der Waals surface area contributed by atoms with Gasteiger partial charge >= 0.3 is 0 Å². The SMILES string of the molecule is COc1ccc(-c2c(C)nnc(Cl)c2-c2csc(C)n2)cc1. The van der Waals surface area contributed by atoms with E-state index in [4.69, 9.17) is 16.3 Å². The van der Waals surface area contributed by atoms with E-state index >= 15 is 0 Å². The minimum Gasteiger partial charge on any atom is -0.497 e. The van der Waals surface area contributed by atoms with Crippen LogP contribution in [0.4, 0.5) is 0 Å². The van der Waals surface area contributed by atoms with Gasteiger partial charge in [-0.15, -0.1) is 16.4 Å². The minimum absolute atomic E-state index is 0.363. The largest absolute Gasteiger partial charge is 0.497 e. The fourth-order valence-corrected chi connectivity index (χ4v) is 3.16. The van der Waals surface area contributed by atoms with Crippen molar-refractivity contribution < 1.29 is 4.74 Å². The van der Waals surface area contributed by atoms with Gasteiger partial charge in [0.05, 0.1) is 29.1 Å². The van der Waals surface area contributed by atoms with Crippen LogP contribution in [0.25, 0.3) is 22.4 Å². The molecule has 0 saturated carbocycles. The van der Waals surface area contributed by atoms with E-state index in [1.165, 1.54) is 0 Å². The number of ether oxygens (including phenoxy) is 1. The number of methoxy groups -OCH3 is 1. The van der Waals surface area contributed by atoms with Crippen molar-refractivity contribution in [1.82, 2.24) is 15.2 Å². The van der Waals surface area contributed by atoms with Gasteiger partial charge in [-0.2, -0.15) is 5.10 Å². The lowest BCUT2D eigenvalue weighted by molar-refractivity contribution is 0.415. The van der Waals surface area contributed by atoms with E-state index in [9.17, 15) is 0 Å². The van der Waals surface area contributed by atoms with E-state index in [-0.39, 0.29) is 0 Å². The highest BCUT2D eigenvalue weighted by Gasteiger charge is 2.18. The van der Waals surface area contributed by atoms with Gasteiger partial charge in [0.2, 0.25) is 0 Å². The third kappa shape index (κ3) is 2.69. The van der Waals surface area contributed by atoms with Crippen LogP contribution in [0.3, 0.4) is 0 Å². The van der Waals surface area contributed by atoms with Gasteiger partial charge < -0.3 is 4.74 Å². The molecule has 0 aliphatic carbocycles. The van der Waals surface area contributed by atoms with E-state index in [1.807, 2.05) is 43.5 Å². The third-order valence-corrected chi connectivity index (χ3v) is 4.40. The summed E-state index contributed by atoms with van der Waals surface area (Å²) < 4.78 is 5.21. The number of rotatable bonds is 3. The van der Waals surface area contributed by atoms with Gasteiger partial charge in [-0.05, 0) is 31.5 Å². The molecule has 3 rings (SSSR count).